The number of piperidine rings is 1. The Bertz CT molecular complexity index is 543. The van der Waals surface area contributed by atoms with Gasteiger partial charge in [-0.15, -0.1) is 0 Å². The molecule has 0 aliphatic carbocycles. The van der Waals surface area contributed by atoms with Gasteiger partial charge in [0.15, 0.2) is 5.82 Å². The molecule has 2 heterocycles. The average Bonchev–Trinajstić information content (AvgIpc) is 2.92. The Labute approximate surface area is 132 Å². The number of carbonyl (C=O) groups is 1. The highest BCUT2D eigenvalue weighted by Crippen LogP contribution is 2.36. The third kappa shape index (κ3) is 3.45. The number of hydrogen-bond acceptors (Lipinski definition) is 6. The lowest BCUT2D eigenvalue weighted by molar-refractivity contribution is -0.117. The zero-order valence-electron chi connectivity index (χ0n) is 12.1. The highest BCUT2D eigenvalue weighted by atomic mass is 32.2. The van der Waals surface area contributed by atoms with Crippen LogP contribution in [-0.4, -0.2) is 36.7 Å². The summed E-state index contributed by atoms with van der Waals surface area (Å²) in [4.78, 5) is 11.2. The predicted molar refractivity (Wildman–Crippen MR) is 83.9 cm³/mol. The summed E-state index contributed by atoms with van der Waals surface area (Å²) < 4.78 is 18.2. The van der Waals surface area contributed by atoms with Gasteiger partial charge in [-0.3, -0.25) is 13.8 Å². The maximum Gasteiger partial charge on any atom is 0.251 e. The molecule has 8 heteroatoms. The molecule has 2 saturated heterocycles. The number of nitrogens with zero attached hydrogens (tertiary/aromatic N) is 1. The van der Waals surface area contributed by atoms with E-state index in [4.69, 9.17) is 0 Å². The summed E-state index contributed by atoms with van der Waals surface area (Å²) in [5, 5.41) is 16.8. The lowest BCUT2D eigenvalue weighted by Crippen LogP contribution is -2.42. The smallest absolute Gasteiger partial charge is 0.251 e. The SMILES string of the molecule is O=C1CN(c2c(O)cc(CN[C@H]3CCCNC3)cc2F)SN1. The molecule has 2 aliphatic heterocycles. The van der Waals surface area contributed by atoms with Crippen LogP contribution in [0.1, 0.15) is 18.4 Å². The van der Waals surface area contributed by atoms with Crippen molar-refractivity contribution in [1.29, 1.82) is 0 Å². The fourth-order valence-electron chi connectivity index (χ4n) is 2.70. The van der Waals surface area contributed by atoms with Crippen LogP contribution >= 0.6 is 12.1 Å². The minimum atomic E-state index is -0.525. The van der Waals surface area contributed by atoms with E-state index in [0.29, 0.717) is 18.2 Å². The van der Waals surface area contributed by atoms with E-state index in [1.165, 1.54) is 10.4 Å². The number of rotatable bonds is 4. The molecule has 0 bridgehead atoms. The van der Waals surface area contributed by atoms with Crippen LogP contribution in [0.2, 0.25) is 0 Å². The first kappa shape index (κ1) is 15.4. The van der Waals surface area contributed by atoms with Gasteiger partial charge in [0, 0.05) is 19.1 Å². The van der Waals surface area contributed by atoms with Gasteiger partial charge in [0.05, 0.1) is 12.1 Å². The van der Waals surface area contributed by atoms with E-state index in [0.717, 1.165) is 38.1 Å². The van der Waals surface area contributed by atoms with Gasteiger partial charge in [0.2, 0.25) is 0 Å². The largest absolute Gasteiger partial charge is 0.506 e. The Morgan fingerprint density at radius 3 is 3.00 bits per heavy atom. The number of benzene rings is 1. The molecule has 2 fully saturated rings. The minimum Gasteiger partial charge on any atom is -0.506 e. The Morgan fingerprint density at radius 1 is 1.50 bits per heavy atom. The van der Waals surface area contributed by atoms with Crippen LogP contribution in [0.3, 0.4) is 0 Å². The van der Waals surface area contributed by atoms with Gasteiger partial charge in [0.1, 0.15) is 18.0 Å². The Kier molecular flexibility index (Phi) is 4.70. The molecule has 1 amide bonds. The standard InChI is InChI=1S/C14H19FN4O2S/c15-11-4-9(6-17-10-2-1-3-16-7-10)5-12(20)14(11)19-8-13(21)18-22-19/h4-5,10,16-17,20H,1-3,6-8H2,(H,18,21)/t10-/m0/s1. The van der Waals surface area contributed by atoms with E-state index in [1.807, 2.05) is 0 Å². The van der Waals surface area contributed by atoms with Gasteiger partial charge in [-0.25, -0.2) is 4.39 Å². The number of nitrogens with one attached hydrogen (secondary N) is 3. The van der Waals surface area contributed by atoms with Crippen LogP contribution in [0.4, 0.5) is 10.1 Å². The van der Waals surface area contributed by atoms with Crippen LogP contribution in [0.25, 0.3) is 0 Å². The number of hydrogen-bond donors (Lipinski definition) is 4. The quantitative estimate of drug-likeness (QED) is 0.615. The van der Waals surface area contributed by atoms with Crippen molar-refractivity contribution in [3.63, 3.8) is 0 Å². The molecule has 0 radical (unpaired) electrons. The molecule has 0 unspecified atom stereocenters. The summed E-state index contributed by atoms with van der Waals surface area (Å²) in [5.74, 6) is -0.885. The number of amides is 1. The highest BCUT2D eigenvalue weighted by molar-refractivity contribution is 7.99. The number of phenols is 1. The second kappa shape index (κ2) is 6.72. The van der Waals surface area contributed by atoms with Gasteiger partial charge in [-0.1, -0.05) is 0 Å². The van der Waals surface area contributed by atoms with Crippen molar-refractivity contribution < 1.29 is 14.3 Å². The molecule has 6 nitrogen and oxygen atoms in total. The van der Waals surface area contributed by atoms with E-state index < -0.39 is 5.82 Å². The number of aromatic hydroxyl groups is 1. The summed E-state index contributed by atoms with van der Waals surface area (Å²) in [6.45, 7) is 2.48. The molecule has 2 aliphatic rings. The van der Waals surface area contributed by atoms with Crippen LogP contribution in [-0.2, 0) is 11.3 Å². The Hall–Kier alpha value is -1.51. The summed E-state index contributed by atoms with van der Waals surface area (Å²) in [7, 11) is 0. The van der Waals surface area contributed by atoms with E-state index in [2.05, 4.69) is 15.4 Å². The third-order valence-electron chi connectivity index (χ3n) is 3.80. The fourth-order valence-corrected chi connectivity index (χ4v) is 3.43. The number of carbonyl (C=O) groups excluding carboxylic acids is 1. The van der Waals surface area contributed by atoms with Gasteiger partial charge in [-0.05, 0) is 37.1 Å². The monoisotopic (exact) mass is 326 g/mol. The summed E-state index contributed by atoms with van der Waals surface area (Å²) in [5.41, 5.74) is 0.735. The van der Waals surface area contributed by atoms with Crippen molar-refractivity contribution in [2.45, 2.75) is 25.4 Å². The second-order valence-electron chi connectivity index (χ2n) is 5.52. The Morgan fingerprint density at radius 2 is 2.36 bits per heavy atom. The minimum absolute atomic E-state index is 0.0283. The molecule has 0 spiro atoms. The Balaban J connectivity index is 1.67. The van der Waals surface area contributed by atoms with E-state index in [1.54, 1.807) is 6.07 Å². The third-order valence-corrected chi connectivity index (χ3v) is 4.65. The zero-order valence-corrected chi connectivity index (χ0v) is 12.9. The van der Waals surface area contributed by atoms with Crippen molar-refractivity contribution in [2.75, 3.05) is 23.9 Å². The first-order chi connectivity index (χ1) is 10.6. The lowest BCUT2D eigenvalue weighted by atomic mass is 10.1. The maximum absolute atomic E-state index is 14.3. The number of phenolic OH excluding ortho intramolecular Hbond substituents is 1. The molecular formula is C14H19FN4O2S. The summed E-state index contributed by atoms with van der Waals surface area (Å²) in [6.07, 6.45) is 2.22. The lowest BCUT2D eigenvalue weighted by Gasteiger charge is -2.24. The number of halogens is 1. The highest BCUT2D eigenvalue weighted by Gasteiger charge is 2.26. The molecule has 3 rings (SSSR count). The first-order valence-corrected chi connectivity index (χ1v) is 8.09. The van der Waals surface area contributed by atoms with E-state index >= 15 is 0 Å². The van der Waals surface area contributed by atoms with Crippen molar-refractivity contribution in [3.8, 4) is 5.75 Å². The van der Waals surface area contributed by atoms with Gasteiger partial charge in [0.25, 0.3) is 5.91 Å². The van der Waals surface area contributed by atoms with Crippen LogP contribution in [0.15, 0.2) is 12.1 Å². The van der Waals surface area contributed by atoms with E-state index in [-0.39, 0.29) is 23.9 Å². The van der Waals surface area contributed by atoms with Crippen LogP contribution in [0, 0.1) is 5.82 Å². The first-order valence-electron chi connectivity index (χ1n) is 7.32. The molecule has 0 aromatic heterocycles. The molecule has 1 aromatic carbocycles. The van der Waals surface area contributed by atoms with Crippen LogP contribution < -0.4 is 19.7 Å². The fraction of sp³-hybridized carbons (Fsp3) is 0.500. The molecule has 22 heavy (non-hydrogen) atoms. The summed E-state index contributed by atoms with van der Waals surface area (Å²) in [6, 6.07) is 3.32. The van der Waals surface area contributed by atoms with Crippen molar-refractivity contribution >= 4 is 23.7 Å². The molecule has 1 aromatic rings. The van der Waals surface area contributed by atoms with Gasteiger partial charge >= 0.3 is 0 Å². The van der Waals surface area contributed by atoms with Crippen LogP contribution in [0.5, 0.6) is 5.75 Å². The molecular weight excluding hydrogens is 307 g/mol. The maximum atomic E-state index is 14.3. The van der Waals surface area contributed by atoms with Crippen molar-refractivity contribution in [2.24, 2.45) is 0 Å². The average molecular weight is 326 g/mol. The zero-order chi connectivity index (χ0) is 15.5. The molecule has 1 atom stereocenters. The molecule has 4 N–H and O–H groups in total. The number of anilines is 1. The van der Waals surface area contributed by atoms with Crippen molar-refractivity contribution in [1.82, 2.24) is 15.4 Å². The molecule has 0 saturated carbocycles. The second-order valence-corrected chi connectivity index (χ2v) is 6.35. The van der Waals surface area contributed by atoms with Gasteiger partial charge < -0.3 is 15.7 Å². The molecule has 120 valence electrons. The van der Waals surface area contributed by atoms with Crippen molar-refractivity contribution in [3.05, 3.63) is 23.5 Å². The predicted octanol–water partition coefficient (Wildman–Crippen LogP) is 0.872. The van der Waals surface area contributed by atoms with E-state index in [9.17, 15) is 14.3 Å². The normalized spacial score (nSPS) is 22.0. The summed E-state index contributed by atoms with van der Waals surface area (Å²) >= 11 is 0.984. The topological polar surface area (TPSA) is 76.6 Å². The van der Waals surface area contributed by atoms with Gasteiger partial charge in [-0.2, -0.15) is 0 Å².